The average molecular weight is 234 g/mol. The monoisotopic (exact) mass is 233 g/mol. The van der Waals surface area contributed by atoms with Crippen LogP contribution in [0, 0.1) is 0 Å². The van der Waals surface area contributed by atoms with Crippen LogP contribution < -0.4 is 0 Å². The van der Waals surface area contributed by atoms with Gasteiger partial charge in [-0.15, -0.1) is 12.4 Å². The van der Waals surface area contributed by atoms with Crippen molar-refractivity contribution in [3.63, 3.8) is 0 Å². The van der Waals surface area contributed by atoms with Crippen LogP contribution in [0.25, 0.3) is 10.8 Å². The van der Waals surface area contributed by atoms with Gasteiger partial charge in [-0.3, -0.25) is 4.90 Å². The van der Waals surface area contributed by atoms with Gasteiger partial charge < -0.3 is 0 Å². The molecule has 0 amide bonds. The molecule has 84 valence electrons. The lowest BCUT2D eigenvalue weighted by Gasteiger charge is -2.09. The Morgan fingerprint density at radius 3 is 1.94 bits per heavy atom. The summed E-state index contributed by atoms with van der Waals surface area (Å²) in [5, 5.41) is 2.74. The molecule has 0 saturated carbocycles. The fraction of sp³-hybridized carbons (Fsp3) is 0.286. The Kier molecular flexibility index (Phi) is 3.17. The highest BCUT2D eigenvalue weighted by molar-refractivity contribution is 5.85. The molecule has 2 aromatic rings. The third kappa shape index (κ3) is 1.81. The summed E-state index contributed by atoms with van der Waals surface area (Å²) in [6.45, 7) is 5.62. The molecule has 0 fully saturated rings. The molecule has 0 atom stereocenters. The Labute approximate surface area is 102 Å². The second-order valence-electron chi connectivity index (χ2n) is 4.27. The molecule has 1 heterocycles. The third-order valence-corrected chi connectivity index (χ3v) is 3.30. The molecular formula is C14H16ClN. The van der Waals surface area contributed by atoms with Crippen molar-refractivity contribution < 1.29 is 0 Å². The minimum absolute atomic E-state index is 0. The normalized spacial score (nSPS) is 14.8. The van der Waals surface area contributed by atoms with Crippen LogP contribution in [-0.2, 0) is 13.1 Å². The van der Waals surface area contributed by atoms with Crippen molar-refractivity contribution in [2.24, 2.45) is 0 Å². The number of rotatable bonds is 1. The molecular weight excluding hydrogens is 218 g/mol. The summed E-state index contributed by atoms with van der Waals surface area (Å²) in [6, 6.07) is 13.3. The first-order valence-corrected chi connectivity index (χ1v) is 5.59. The van der Waals surface area contributed by atoms with Crippen LogP contribution in [-0.4, -0.2) is 11.4 Å². The molecule has 1 aliphatic heterocycles. The van der Waals surface area contributed by atoms with Gasteiger partial charge in [-0.05, 0) is 40.6 Å². The summed E-state index contributed by atoms with van der Waals surface area (Å²) >= 11 is 0. The maximum atomic E-state index is 2.48. The van der Waals surface area contributed by atoms with Gasteiger partial charge in [0.1, 0.15) is 0 Å². The zero-order valence-corrected chi connectivity index (χ0v) is 10.3. The summed E-state index contributed by atoms with van der Waals surface area (Å²) < 4.78 is 0. The van der Waals surface area contributed by atoms with Crippen LogP contribution >= 0.6 is 12.4 Å². The molecule has 16 heavy (non-hydrogen) atoms. The van der Waals surface area contributed by atoms with Gasteiger partial charge in [0.05, 0.1) is 0 Å². The van der Waals surface area contributed by atoms with Crippen molar-refractivity contribution in [3.05, 3.63) is 47.5 Å². The lowest BCUT2D eigenvalue weighted by molar-refractivity contribution is 0.301. The van der Waals surface area contributed by atoms with E-state index in [1.165, 1.54) is 21.9 Å². The summed E-state index contributed by atoms with van der Waals surface area (Å²) in [5.74, 6) is 0. The van der Waals surface area contributed by atoms with E-state index in [2.05, 4.69) is 48.2 Å². The third-order valence-electron chi connectivity index (χ3n) is 3.30. The molecule has 0 unspecified atom stereocenters. The van der Waals surface area contributed by atoms with Crippen molar-refractivity contribution in [3.8, 4) is 0 Å². The van der Waals surface area contributed by atoms with Crippen molar-refractivity contribution in [1.29, 1.82) is 0 Å². The van der Waals surface area contributed by atoms with E-state index in [0.717, 1.165) is 19.6 Å². The van der Waals surface area contributed by atoms with E-state index in [9.17, 15) is 0 Å². The molecule has 2 heteroatoms. The van der Waals surface area contributed by atoms with Crippen LogP contribution in [0.1, 0.15) is 18.1 Å². The lowest BCUT2D eigenvalue weighted by atomic mass is 10.0. The molecule has 0 aliphatic carbocycles. The van der Waals surface area contributed by atoms with Crippen molar-refractivity contribution in [1.82, 2.24) is 4.90 Å². The van der Waals surface area contributed by atoms with Crippen LogP contribution in [0.2, 0.25) is 0 Å². The standard InChI is InChI=1S/C14H15N.ClH/c1-2-15-9-13-7-11-5-3-4-6-12(11)8-14(13)10-15;/h3-8H,2,9-10H2,1H3;1H. The van der Waals surface area contributed by atoms with Gasteiger partial charge >= 0.3 is 0 Å². The van der Waals surface area contributed by atoms with Crippen molar-refractivity contribution in [2.75, 3.05) is 6.54 Å². The van der Waals surface area contributed by atoms with Gasteiger partial charge in [0, 0.05) is 13.1 Å². The van der Waals surface area contributed by atoms with Crippen molar-refractivity contribution >= 4 is 23.2 Å². The number of hydrogen-bond acceptors (Lipinski definition) is 1. The molecule has 0 aromatic heterocycles. The summed E-state index contributed by atoms with van der Waals surface area (Å²) in [4.78, 5) is 2.48. The van der Waals surface area contributed by atoms with Crippen LogP contribution in [0.3, 0.4) is 0 Å². The molecule has 2 aromatic carbocycles. The first-order chi connectivity index (χ1) is 7.36. The minimum Gasteiger partial charge on any atom is -0.295 e. The number of nitrogens with zero attached hydrogens (tertiary/aromatic N) is 1. The fourth-order valence-corrected chi connectivity index (χ4v) is 2.39. The minimum atomic E-state index is 0. The lowest BCUT2D eigenvalue weighted by Crippen LogP contribution is -2.14. The van der Waals surface area contributed by atoms with Crippen molar-refractivity contribution in [2.45, 2.75) is 20.0 Å². The molecule has 1 nitrogen and oxygen atoms in total. The summed E-state index contributed by atoms with van der Waals surface area (Å²) in [6.07, 6.45) is 0. The SMILES string of the molecule is CCN1Cc2cc3ccccc3cc2C1.Cl. The van der Waals surface area contributed by atoms with E-state index in [0.29, 0.717) is 0 Å². The summed E-state index contributed by atoms with van der Waals surface area (Å²) in [7, 11) is 0. The second kappa shape index (κ2) is 4.44. The Morgan fingerprint density at radius 2 is 1.50 bits per heavy atom. The topological polar surface area (TPSA) is 3.24 Å². The fourth-order valence-electron chi connectivity index (χ4n) is 2.39. The smallest absolute Gasteiger partial charge is 0.0240 e. The first kappa shape index (κ1) is 11.4. The van der Waals surface area contributed by atoms with Gasteiger partial charge in [0.2, 0.25) is 0 Å². The Balaban J connectivity index is 0.000000963. The predicted molar refractivity (Wildman–Crippen MR) is 71.0 cm³/mol. The van der Waals surface area contributed by atoms with E-state index in [-0.39, 0.29) is 12.4 Å². The molecule has 0 spiro atoms. The highest BCUT2D eigenvalue weighted by atomic mass is 35.5. The zero-order chi connectivity index (χ0) is 10.3. The van der Waals surface area contributed by atoms with E-state index >= 15 is 0 Å². The summed E-state index contributed by atoms with van der Waals surface area (Å²) in [5.41, 5.74) is 3.02. The van der Waals surface area contributed by atoms with Crippen LogP contribution in [0.5, 0.6) is 0 Å². The van der Waals surface area contributed by atoms with Gasteiger partial charge in [-0.1, -0.05) is 31.2 Å². The number of fused-ring (bicyclic) bond motifs is 2. The van der Waals surface area contributed by atoms with E-state index < -0.39 is 0 Å². The highest BCUT2D eigenvalue weighted by Crippen LogP contribution is 2.27. The predicted octanol–water partition coefficient (Wildman–Crippen LogP) is 3.60. The maximum absolute atomic E-state index is 2.48. The molecule has 0 saturated heterocycles. The molecule has 0 bridgehead atoms. The number of benzene rings is 2. The quantitative estimate of drug-likeness (QED) is 0.728. The van der Waals surface area contributed by atoms with E-state index in [4.69, 9.17) is 0 Å². The van der Waals surface area contributed by atoms with Gasteiger partial charge in [0.15, 0.2) is 0 Å². The van der Waals surface area contributed by atoms with E-state index in [1.807, 2.05) is 0 Å². The highest BCUT2D eigenvalue weighted by Gasteiger charge is 2.17. The largest absolute Gasteiger partial charge is 0.295 e. The first-order valence-electron chi connectivity index (χ1n) is 5.59. The van der Waals surface area contributed by atoms with Gasteiger partial charge in [0.25, 0.3) is 0 Å². The molecule has 0 radical (unpaired) electrons. The van der Waals surface area contributed by atoms with Gasteiger partial charge in [-0.2, -0.15) is 0 Å². The molecule has 1 aliphatic rings. The number of hydrogen-bond donors (Lipinski definition) is 0. The van der Waals surface area contributed by atoms with Crippen LogP contribution in [0.15, 0.2) is 36.4 Å². The maximum Gasteiger partial charge on any atom is 0.0240 e. The van der Waals surface area contributed by atoms with Gasteiger partial charge in [-0.25, -0.2) is 0 Å². The van der Waals surface area contributed by atoms with Crippen LogP contribution in [0.4, 0.5) is 0 Å². The Hall–Kier alpha value is -1.05. The molecule has 3 rings (SSSR count). The number of halogens is 1. The average Bonchev–Trinajstić information content (AvgIpc) is 2.67. The van der Waals surface area contributed by atoms with E-state index in [1.54, 1.807) is 0 Å². The molecule has 0 N–H and O–H groups in total. The Morgan fingerprint density at radius 1 is 1.00 bits per heavy atom. The zero-order valence-electron chi connectivity index (χ0n) is 9.44. The second-order valence-corrected chi connectivity index (χ2v) is 4.27. The Bertz CT molecular complexity index is 463.